The third kappa shape index (κ3) is 7.87. The maximum absolute atomic E-state index is 14.2. The zero-order valence-electron chi connectivity index (χ0n) is 31.7. The van der Waals surface area contributed by atoms with E-state index in [-0.39, 0.29) is 56.0 Å². The summed E-state index contributed by atoms with van der Waals surface area (Å²) in [5, 5.41) is 17.8. The van der Waals surface area contributed by atoms with Crippen LogP contribution in [-0.4, -0.2) is 55.4 Å². The van der Waals surface area contributed by atoms with Crippen molar-refractivity contribution in [2.75, 3.05) is 19.0 Å². The highest BCUT2D eigenvalue weighted by Crippen LogP contribution is 2.54. The Kier molecular flexibility index (Phi) is 12.2. The van der Waals surface area contributed by atoms with Crippen LogP contribution in [0.3, 0.4) is 0 Å². The molecule has 1 aliphatic rings. The summed E-state index contributed by atoms with van der Waals surface area (Å²) in [6, 6.07) is 13.8. The first kappa shape index (κ1) is 40.7. The van der Waals surface area contributed by atoms with Crippen LogP contribution in [0.15, 0.2) is 72.0 Å². The molecule has 1 saturated carbocycles. The molecule has 55 heavy (non-hydrogen) atoms. The van der Waals surface area contributed by atoms with Gasteiger partial charge in [-0.15, -0.1) is 0 Å². The summed E-state index contributed by atoms with van der Waals surface area (Å²) in [5.41, 5.74) is -0.277. The summed E-state index contributed by atoms with van der Waals surface area (Å²) in [7, 11) is -0.697. The van der Waals surface area contributed by atoms with Crippen molar-refractivity contribution in [1.29, 1.82) is 5.26 Å². The molecule has 6 aromatic rings. The van der Waals surface area contributed by atoms with Crippen LogP contribution in [0.5, 0.6) is 11.5 Å². The number of benzene rings is 1. The standard InChI is InChI=1S/C34H32F3N9O4S.2C2H6/c1-4-33(11-13-49-3)16-22(17-33)46-27(34(35,36)37)15-28(43-46)41-32-42-30-29(44(32)2)25(18-38)26(20-39-30)50-23-14-21-10-12-45(31(21)40-19-23)51(47,48)24-8-6-5-7-9-24;2*1-2/h5-10,12,14-15,19-20,22H,4,11,13,16-17H2,1-3H3,(H,39,41,42,43);2*1-2H3. The van der Waals surface area contributed by atoms with Gasteiger partial charge in [-0.25, -0.2) is 22.4 Å². The molecular formula is C38H44F3N9O4S. The fourth-order valence-electron chi connectivity index (χ4n) is 6.68. The number of imidazole rings is 1. The van der Waals surface area contributed by atoms with Gasteiger partial charge in [0, 0.05) is 38.4 Å². The van der Waals surface area contributed by atoms with E-state index in [0.717, 1.165) is 27.6 Å². The molecule has 5 aromatic heterocycles. The van der Waals surface area contributed by atoms with Crippen LogP contribution < -0.4 is 10.1 Å². The number of rotatable bonds is 11. The van der Waals surface area contributed by atoms with Gasteiger partial charge >= 0.3 is 6.18 Å². The summed E-state index contributed by atoms with van der Waals surface area (Å²) >= 11 is 0. The number of ether oxygens (including phenoxy) is 2. The van der Waals surface area contributed by atoms with Crippen molar-refractivity contribution in [3.8, 4) is 17.6 Å². The van der Waals surface area contributed by atoms with Crippen molar-refractivity contribution in [2.24, 2.45) is 12.5 Å². The number of aryl methyl sites for hydroxylation is 1. The summed E-state index contributed by atoms with van der Waals surface area (Å²) in [6.45, 7) is 10.6. The zero-order chi connectivity index (χ0) is 40.1. The third-order valence-corrected chi connectivity index (χ3v) is 11.2. The van der Waals surface area contributed by atoms with Gasteiger partial charge in [0.05, 0.1) is 23.3 Å². The molecule has 0 bridgehead atoms. The molecule has 0 spiro atoms. The van der Waals surface area contributed by atoms with Gasteiger partial charge in [-0.05, 0) is 48.9 Å². The normalized spacial score (nSPS) is 16.7. The molecule has 0 atom stereocenters. The number of hydrogen-bond donors (Lipinski definition) is 1. The highest BCUT2D eigenvalue weighted by atomic mass is 32.2. The zero-order valence-corrected chi connectivity index (χ0v) is 32.5. The van der Waals surface area contributed by atoms with Gasteiger partial charge in [-0.2, -0.15) is 28.5 Å². The number of pyridine rings is 2. The Balaban J connectivity index is 0.00000140. The number of hydrogen-bond acceptors (Lipinski definition) is 10. The largest absolute Gasteiger partial charge is 0.453 e. The minimum atomic E-state index is -4.63. The van der Waals surface area contributed by atoms with E-state index < -0.39 is 27.9 Å². The highest BCUT2D eigenvalue weighted by molar-refractivity contribution is 7.90. The van der Waals surface area contributed by atoms with E-state index in [2.05, 4.69) is 31.4 Å². The smallest absolute Gasteiger partial charge is 0.433 e. The van der Waals surface area contributed by atoms with Crippen LogP contribution in [0.2, 0.25) is 0 Å². The van der Waals surface area contributed by atoms with Crippen LogP contribution >= 0.6 is 0 Å². The van der Waals surface area contributed by atoms with E-state index in [9.17, 15) is 26.9 Å². The molecule has 1 N–H and O–H groups in total. The number of fused-ring (bicyclic) bond motifs is 2. The van der Waals surface area contributed by atoms with Gasteiger partial charge in [0.1, 0.15) is 28.6 Å². The fraction of sp³-hybridized carbons (Fsp3) is 0.395. The van der Waals surface area contributed by atoms with E-state index in [1.165, 1.54) is 35.3 Å². The van der Waals surface area contributed by atoms with E-state index in [0.29, 0.717) is 24.8 Å². The Bertz CT molecular complexity index is 2410. The lowest BCUT2D eigenvalue weighted by atomic mass is 9.62. The lowest BCUT2D eigenvalue weighted by Crippen LogP contribution is -2.40. The summed E-state index contributed by atoms with van der Waals surface area (Å²) in [4.78, 5) is 13.2. The molecule has 0 unspecified atom stereocenters. The predicted octanol–water partition coefficient (Wildman–Crippen LogP) is 9.00. The van der Waals surface area contributed by atoms with Gasteiger partial charge in [-0.1, -0.05) is 59.2 Å². The highest BCUT2D eigenvalue weighted by Gasteiger charge is 2.47. The monoisotopic (exact) mass is 779 g/mol. The first-order valence-corrected chi connectivity index (χ1v) is 19.5. The van der Waals surface area contributed by atoms with Crippen molar-refractivity contribution in [3.05, 3.63) is 78.4 Å². The molecular weight excluding hydrogens is 736 g/mol. The van der Waals surface area contributed by atoms with Crippen LogP contribution in [0.1, 0.15) is 77.6 Å². The minimum absolute atomic E-state index is 0.0535. The Morgan fingerprint density at radius 3 is 2.40 bits per heavy atom. The number of halogens is 3. The van der Waals surface area contributed by atoms with Crippen molar-refractivity contribution in [2.45, 2.75) is 77.4 Å². The molecule has 292 valence electrons. The number of nitrogens with one attached hydrogen (secondary N) is 1. The molecule has 17 heteroatoms. The molecule has 13 nitrogen and oxygen atoms in total. The number of anilines is 2. The second kappa shape index (κ2) is 16.5. The van der Waals surface area contributed by atoms with Gasteiger partial charge in [0.2, 0.25) is 5.95 Å². The number of nitrogens with zero attached hydrogens (tertiary/aromatic N) is 8. The SMILES string of the molecule is CC.CC.CCC1(CCOC)CC(n2nc(Nc3nc4ncc(Oc5cnc6c(ccn6S(=O)(=O)c6ccccc6)c5)c(C#N)c4n3C)cc2C(F)(F)F)C1. The molecule has 0 saturated heterocycles. The van der Waals surface area contributed by atoms with E-state index in [4.69, 9.17) is 9.47 Å². The van der Waals surface area contributed by atoms with Crippen LogP contribution in [0.25, 0.3) is 22.2 Å². The van der Waals surface area contributed by atoms with Crippen LogP contribution in [0.4, 0.5) is 24.9 Å². The average Bonchev–Trinajstić information content (AvgIpc) is 3.89. The first-order chi connectivity index (χ1) is 26.4. The molecule has 0 amide bonds. The first-order valence-electron chi connectivity index (χ1n) is 18.0. The quantitative estimate of drug-likeness (QED) is 0.135. The second-order valence-electron chi connectivity index (χ2n) is 12.5. The van der Waals surface area contributed by atoms with E-state index in [1.54, 1.807) is 44.5 Å². The van der Waals surface area contributed by atoms with Gasteiger partial charge < -0.3 is 19.4 Å². The fourth-order valence-corrected chi connectivity index (χ4v) is 8.01. The van der Waals surface area contributed by atoms with Crippen LogP contribution in [0, 0.1) is 16.7 Å². The molecule has 5 heterocycles. The summed E-state index contributed by atoms with van der Waals surface area (Å²) in [6.07, 6.45) is 2.12. The molecule has 1 aromatic carbocycles. The van der Waals surface area contributed by atoms with E-state index in [1.807, 2.05) is 34.6 Å². The number of nitriles is 1. The van der Waals surface area contributed by atoms with Gasteiger partial charge in [0.15, 0.2) is 22.9 Å². The number of alkyl halides is 3. The maximum Gasteiger partial charge on any atom is 0.433 e. The number of aromatic nitrogens is 7. The molecule has 0 radical (unpaired) electrons. The Morgan fingerprint density at radius 1 is 1.05 bits per heavy atom. The van der Waals surface area contributed by atoms with Crippen LogP contribution in [-0.2, 0) is 28.0 Å². The second-order valence-corrected chi connectivity index (χ2v) is 14.3. The number of methoxy groups -OCH3 is 1. The van der Waals surface area contributed by atoms with Gasteiger partial charge in [0.25, 0.3) is 10.0 Å². The lowest BCUT2D eigenvalue weighted by molar-refractivity contribution is -0.147. The predicted molar refractivity (Wildman–Crippen MR) is 203 cm³/mol. The minimum Gasteiger partial charge on any atom is -0.453 e. The Hall–Kier alpha value is -5.47. The van der Waals surface area contributed by atoms with E-state index >= 15 is 0 Å². The maximum atomic E-state index is 14.2. The Morgan fingerprint density at radius 2 is 1.76 bits per heavy atom. The molecule has 1 fully saturated rings. The summed E-state index contributed by atoms with van der Waals surface area (Å²) in [5.74, 6) is 0.344. The lowest BCUT2D eigenvalue weighted by Gasteiger charge is -2.48. The third-order valence-electron chi connectivity index (χ3n) is 9.51. The van der Waals surface area contributed by atoms with Crippen molar-refractivity contribution in [3.63, 3.8) is 0 Å². The topological polar surface area (TPSA) is 155 Å². The van der Waals surface area contributed by atoms with Gasteiger partial charge in [-0.3, -0.25) is 4.68 Å². The average molecular weight is 780 g/mol. The molecule has 1 aliphatic carbocycles. The van der Waals surface area contributed by atoms with Crippen molar-refractivity contribution in [1.82, 2.24) is 33.3 Å². The van der Waals surface area contributed by atoms with Crippen molar-refractivity contribution < 1.29 is 31.1 Å². The summed E-state index contributed by atoms with van der Waals surface area (Å²) < 4.78 is 83.7. The van der Waals surface area contributed by atoms with Crippen molar-refractivity contribution >= 4 is 44.0 Å². The molecule has 0 aliphatic heterocycles. The molecule has 7 rings (SSSR count). The Labute approximate surface area is 317 Å².